The molecule has 0 aliphatic carbocycles. The summed E-state index contributed by atoms with van der Waals surface area (Å²) in [6.45, 7) is 3.53. The monoisotopic (exact) mass is 458 g/mol. The molecule has 33 heavy (non-hydrogen) atoms. The zero-order valence-corrected chi connectivity index (χ0v) is 19.4. The third-order valence-corrected chi connectivity index (χ3v) is 6.90. The van der Waals surface area contributed by atoms with Gasteiger partial charge in [-0.2, -0.15) is 5.10 Å². The topological polar surface area (TPSA) is 50.6 Å². The minimum Gasteiger partial charge on any atom is -0.378 e. The van der Waals surface area contributed by atoms with Crippen molar-refractivity contribution in [3.05, 3.63) is 89.6 Å². The molecule has 1 amide bonds. The molecule has 2 aromatic carbocycles. The molecule has 2 aromatic heterocycles. The van der Waals surface area contributed by atoms with Gasteiger partial charge in [-0.1, -0.05) is 48.5 Å². The molecule has 1 aliphatic rings. The lowest BCUT2D eigenvalue weighted by Gasteiger charge is -2.28. The summed E-state index contributed by atoms with van der Waals surface area (Å²) in [7, 11) is 1.83. The Morgan fingerprint density at radius 3 is 2.45 bits per heavy atom. The molecule has 0 radical (unpaired) electrons. The molecule has 1 saturated heterocycles. The molecule has 0 N–H and O–H groups in total. The van der Waals surface area contributed by atoms with Crippen LogP contribution >= 0.6 is 11.3 Å². The van der Waals surface area contributed by atoms with Crippen molar-refractivity contribution in [3.63, 3.8) is 0 Å². The van der Waals surface area contributed by atoms with Crippen LogP contribution in [0.1, 0.15) is 15.4 Å². The number of para-hydroxylation sites is 1. The van der Waals surface area contributed by atoms with Crippen LogP contribution in [0.25, 0.3) is 16.8 Å². The number of nitrogens with zero attached hydrogens (tertiary/aromatic N) is 4. The number of benzene rings is 2. The van der Waals surface area contributed by atoms with Crippen LogP contribution < -0.4 is 4.90 Å². The number of hydrogen-bond acceptors (Lipinski definition) is 5. The standard InChI is InChI=1S/C26H26N4O2S/c1-28(19-21-12-13-30(27-21)22-10-6-3-7-11-22)25(31)24-18-23(20-8-4-2-5-9-20)26(33-24)29-14-16-32-17-15-29/h2-13,18H,14-17,19H2,1H3. The van der Waals surface area contributed by atoms with E-state index in [-0.39, 0.29) is 5.91 Å². The van der Waals surface area contributed by atoms with Crippen LogP contribution in [0.3, 0.4) is 0 Å². The highest BCUT2D eigenvalue weighted by molar-refractivity contribution is 7.18. The second kappa shape index (κ2) is 9.60. The Morgan fingerprint density at radius 1 is 1.03 bits per heavy atom. The minimum atomic E-state index is 0.00551. The van der Waals surface area contributed by atoms with Crippen molar-refractivity contribution in [2.24, 2.45) is 0 Å². The van der Waals surface area contributed by atoms with E-state index in [0.29, 0.717) is 19.8 Å². The van der Waals surface area contributed by atoms with Gasteiger partial charge in [0.1, 0.15) is 0 Å². The summed E-state index contributed by atoms with van der Waals surface area (Å²) in [5.41, 5.74) is 4.08. The van der Waals surface area contributed by atoms with E-state index < -0.39 is 0 Å². The Hall–Kier alpha value is -3.42. The van der Waals surface area contributed by atoms with E-state index in [4.69, 9.17) is 4.74 Å². The number of rotatable bonds is 6. The Balaban J connectivity index is 1.38. The second-order valence-corrected chi connectivity index (χ2v) is 9.07. The molecule has 0 atom stereocenters. The Labute approximate surface area is 197 Å². The summed E-state index contributed by atoms with van der Waals surface area (Å²) in [4.78, 5) is 18.2. The number of carbonyl (C=O) groups excluding carboxylic acids is 1. The third-order valence-electron chi connectivity index (χ3n) is 5.72. The van der Waals surface area contributed by atoms with Crippen molar-refractivity contribution in [1.29, 1.82) is 0 Å². The molecule has 0 unspecified atom stereocenters. The van der Waals surface area contributed by atoms with Gasteiger partial charge in [0.05, 0.1) is 41.0 Å². The van der Waals surface area contributed by atoms with Gasteiger partial charge >= 0.3 is 0 Å². The fourth-order valence-electron chi connectivity index (χ4n) is 3.99. The van der Waals surface area contributed by atoms with E-state index in [9.17, 15) is 4.79 Å². The van der Waals surface area contributed by atoms with Crippen molar-refractivity contribution in [1.82, 2.24) is 14.7 Å². The summed E-state index contributed by atoms with van der Waals surface area (Å²) >= 11 is 1.56. The first-order valence-electron chi connectivity index (χ1n) is 11.1. The lowest BCUT2D eigenvalue weighted by Crippen LogP contribution is -2.35. The van der Waals surface area contributed by atoms with E-state index in [1.165, 1.54) is 0 Å². The zero-order chi connectivity index (χ0) is 22.6. The quantitative estimate of drug-likeness (QED) is 0.420. The molecule has 5 rings (SSSR count). The molecular formula is C26H26N4O2S. The molecule has 4 aromatic rings. The zero-order valence-electron chi connectivity index (χ0n) is 18.6. The molecule has 168 valence electrons. The minimum absolute atomic E-state index is 0.00551. The summed E-state index contributed by atoms with van der Waals surface area (Å²) in [5.74, 6) is 0.00551. The van der Waals surface area contributed by atoms with Gasteiger partial charge in [-0.05, 0) is 29.8 Å². The van der Waals surface area contributed by atoms with Gasteiger partial charge in [-0.3, -0.25) is 4.79 Å². The number of anilines is 1. The average molecular weight is 459 g/mol. The van der Waals surface area contributed by atoms with Crippen molar-refractivity contribution in [2.45, 2.75) is 6.54 Å². The van der Waals surface area contributed by atoms with Gasteiger partial charge in [-0.25, -0.2) is 4.68 Å². The first-order valence-corrected chi connectivity index (χ1v) is 11.9. The van der Waals surface area contributed by atoms with Crippen LogP contribution in [-0.4, -0.2) is 53.9 Å². The Kier molecular flexibility index (Phi) is 6.24. The largest absolute Gasteiger partial charge is 0.378 e. The van der Waals surface area contributed by atoms with Crippen molar-refractivity contribution in [3.8, 4) is 16.8 Å². The van der Waals surface area contributed by atoms with Gasteiger partial charge in [0.15, 0.2) is 0 Å². The van der Waals surface area contributed by atoms with E-state index >= 15 is 0 Å². The van der Waals surface area contributed by atoms with Crippen molar-refractivity contribution >= 4 is 22.2 Å². The average Bonchev–Trinajstić information content (AvgIpc) is 3.53. The second-order valence-electron chi connectivity index (χ2n) is 8.04. The number of carbonyl (C=O) groups is 1. The molecule has 0 saturated carbocycles. The molecule has 1 aliphatic heterocycles. The highest BCUT2D eigenvalue weighted by Gasteiger charge is 2.23. The number of ether oxygens (including phenoxy) is 1. The van der Waals surface area contributed by atoms with Crippen LogP contribution in [-0.2, 0) is 11.3 Å². The van der Waals surface area contributed by atoms with Crippen LogP contribution in [0, 0.1) is 0 Å². The maximum atomic E-state index is 13.4. The predicted molar refractivity (Wildman–Crippen MR) is 132 cm³/mol. The maximum Gasteiger partial charge on any atom is 0.264 e. The summed E-state index contributed by atoms with van der Waals surface area (Å²) in [6, 6.07) is 24.2. The lowest BCUT2D eigenvalue weighted by molar-refractivity contribution is 0.0788. The van der Waals surface area contributed by atoms with Gasteiger partial charge in [-0.15, -0.1) is 11.3 Å². The van der Waals surface area contributed by atoms with Crippen LogP contribution in [0.5, 0.6) is 0 Å². The highest BCUT2D eigenvalue weighted by atomic mass is 32.1. The van der Waals surface area contributed by atoms with E-state index in [1.807, 2.05) is 78.6 Å². The predicted octanol–water partition coefficient (Wildman–Crippen LogP) is 4.71. The van der Waals surface area contributed by atoms with Crippen LogP contribution in [0.4, 0.5) is 5.00 Å². The number of hydrogen-bond donors (Lipinski definition) is 0. The molecule has 7 heteroatoms. The molecule has 0 bridgehead atoms. The van der Waals surface area contributed by atoms with Crippen molar-refractivity contribution < 1.29 is 9.53 Å². The van der Waals surface area contributed by atoms with Gasteiger partial charge in [0.25, 0.3) is 5.91 Å². The van der Waals surface area contributed by atoms with Gasteiger partial charge in [0, 0.05) is 31.9 Å². The highest BCUT2D eigenvalue weighted by Crippen LogP contribution is 2.39. The summed E-state index contributed by atoms with van der Waals surface area (Å²) < 4.78 is 7.37. The summed E-state index contributed by atoms with van der Waals surface area (Å²) in [5, 5.41) is 5.78. The van der Waals surface area contributed by atoms with Crippen molar-refractivity contribution in [2.75, 3.05) is 38.3 Å². The fourth-order valence-corrected chi connectivity index (χ4v) is 5.21. The van der Waals surface area contributed by atoms with E-state index in [0.717, 1.165) is 45.5 Å². The number of thiophene rings is 1. The molecule has 0 spiro atoms. The first-order chi connectivity index (χ1) is 16.2. The van der Waals surface area contributed by atoms with Crippen LogP contribution in [0.15, 0.2) is 79.0 Å². The van der Waals surface area contributed by atoms with E-state index in [1.54, 1.807) is 16.2 Å². The number of aromatic nitrogens is 2. The smallest absolute Gasteiger partial charge is 0.264 e. The normalized spacial score (nSPS) is 13.8. The SMILES string of the molecule is CN(Cc1ccn(-c2ccccc2)n1)C(=O)c1cc(-c2ccccc2)c(N2CCOCC2)s1. The first kappa shape index (κ1) is 21.4. The van der Waals surface area contributed by atoms with Gasteiger partial charge in [0.2, 0.25) is 0 Å². The fraction of sp³-hybridized carbons (Fsp3) is 0.231. The Bertz CT molecular complexity index is 1210. The number of morpholine rings is 1. The summed E-state index contributed by atoms with van der Waals surface area (Å²) in [6.07, 6.45) is 1.93. The third kappa shape index (κ3) is 4.69. The van der Waals surface area contributed by atoms with Crippen LogP contribution in [0.2, 0.25) is 0 Å². The molecular weight excluding hydrogens is 432 g/mol. The lowest BCUT2D eigenvalue weighted by atomic mass is 10.1. The number of amides is 1. The van der Waals surface area contributed by atoms with Gasteiger partial charge < -0.3 is 14.5 Å². The van der Waals surface area contributed by atoms with E-state index in [2.05, 4.69) is 22.1 Å². The molecule has 1 fully saturated rings. The molecule has 6 nitrogen and oxygen atoms in total. The molecule has 3 heterocycles. The Morgan fingerprint density at radius 2 is 1.73 bits per heavy atom. The maximum absolute atomic E-state index is 13.4.